The van der Waals surface area contributed by atoms with Crippen LogP contribution in [0.3, 0.4) is 0 Å². The molecule has 0 saturated carbocycles. The van der Waals surface area contributed by atoms with Crippen LogP contribution in [0.2, 0.25) is 0 Å². The van der Waals surface area contributed by atoms with E-state index >= 15 is 0 Å². The van der Waals surface area contributed by atoms with Gasteiger partial charge in [-0.15, -0.1) is 0 Å². The lowest BCUT2D eigenvalue weighted by Crippen LogP contribution is -2.14. The number of aryl methyl sites for hydroxylation is 3. The Morgan fingerprint density at radius 3 is 2.53 bits per heavy atom. The van der Waals surface area contributed by atoms with Crippen LogP contribution >= 0.6 is 15.9 Å². The summed E-state index contributed by atoms with van der Waals surface area (Å²) >= 11 is 3.46. The van der Waals surface area contributed by atoms with Gasteiger partial charge in [0.05, 0.1) is 0 Å². The third-order valence-electron chi connectivity index (χ3n) is 5.46. The highest BCUT2D eigenvalue weighted by Gasteiger charge is 2.13. The number of rotatable bonds is 6. The number of nitrogens with one attached hydrogen (secondary N) is 1. The molecule has 0 spiro atoms. The van der Waals surface area contributed by atoms with Crippen LogP contribution in [0.5, 0.6) is 5.75 Å². The minimum atomic E-state index is -0.457. The molecule has 0 atom stereocenters. The van der Waals surface area contributed by atoms with Crippen LogP contribution in [0.25, 0.3) is 6.08 Å². The van der Waals surface area contributed by atoms with Gasteiger partial charge in [-0.05, 0) is 85.9 Å². The summed E-state index contributed by atoms with van der Waals surface area (Å²) in [4.78, 5) is 12.8. The van der Waals surface area contributed by atoms with Crippen molar-refractivity contribution in [3.63, 3.8) is 0 Å². The number of amides is 1. The van der Waals surface area contributed by atoms with E-state index in [1.807, 2.05) is 62.4 Å². The van der Waals surface area contributed by atoms with E-state index in [1.54, 1.807) is 6.08 Å². The first-order valence-electron chi connectivity index (χ1n) is 10.3. The fourth-order valence-electron chi connectivity index (χ4n) is 3.20. The Morgan fingerprint density at radius 1 is 1.03 bits per heavy atom. The van der Waals surface area contributed by atoms with Crippen molar-refractivity contribution in [1.29, 1.82) is 5.26 Å². The van der Waals surface area contributed by atoms with Gasteiger partial charge >= 0.3 is 0 Å². The van der Waals surface area contributed by atoms with Crippen LogP contribution in [-0.4, -0.2) is 5.91 Å². The highest BCUT2D eigenvalue weighted by Crippen LogP contribution is 2.27. The number of ether oxygens (including phenoxy) is 1. The number of carbonyl (C=O) groups excluding carboxylic acids is 1. The molecule has 4 nitrogen and oxygen atoms in total. The average molecular weight is 489 g/mol. The van der Waals surface area contributed by atoms with Crippen molar-refractivity contribution < 1.29 is 9.53 Å². The van der Waals surface area contributed by atoms with E-state index in [0.717, 1.165) is 21.2 Å². The first-order chi connectivity index (χ1) is 15.3. The monoisotopic (exact) mass is 488 g/mol. The lowest BCUT2D eigenvalue weighted by Gasteiger charge is -2.12. The number of benzene rings is 3. The Labute approximate surface area is 197 Å². The fraction of sp³-hybridized carbons (Fsp3) is 0.185. The molecule has 0 radical (unpaired) electrons. The molecule has 0 bridgehead atoms. The number of anilines is 1. The normalized spacial score (nSPS) is 11.1. The number of nitrogens with zero attached hydrogens (tertiary/aromatic N) is 1. The molecule has 0 aliphatic carbocycles. The molecular weight excluding hydrogens is 464 g/mol. The van der Waals surface area contributed by atoms with E-state index < -0.39 is 5.91 Å². The van der Waals surface area contributed by atoms with Crippen molar-refractivity contribution >= 4 is 33.6 Å². The Kier molecular flexibility index (Phi) is 7.50. The second-order valence-electron chi connectivity index (χ2n) is 7.76. The number of nitriles is 1. The van der Waals surface area contributed by atoms with Crippen LogP contribution in [0.4, 0.5) is 5.69 Å². The highest BCUT2D eigenvalue weighted by molar-refractivity contribution is 9.10. The van der Waals surface area contributed by atoms with Gasteiger partial charge in [-0.1, -0.05) is 46.3 Å². The molecule has 0 heterocycles. The second-order valence-corrected chi connectivity index (χ2v) is 8.68. The maximum atomic E-state index is 12.8. The minimum absolute atomic E-state index is 0.0000338. The molecule has 162 valence electrons. The van der Waals surface area contributed by atoms with E-state index in [-0.39, 0.29) is 5.57 Å². The van der Waals surface area contributed by atoms with Crippen molar-refractivity contribution in [2.75, 3.05) is 5.32 Å². The van der Waals surface area contributed by atoms with Crippen molar-refractivity contribution in [2.45, 2.75) is 34.3 Å². The summed E-state index contributed by atoms with van der Waals surface area (Å²) in [6, 6.07) is 19.4. The van der Waals surface area contributed by atoms with Gasteiger partial charge in [-0.25, -0.2) is 0 Å². The van der Waals surface area contributed by atoms with Crippen LogP contribution in [0, 0.1) is 39.0 Å². The van der Waals surface area contributed by atoms with E-state index in [9.17, 15) is 10.1 Å². The van der Waals surface area contributed by atoms with Crippen molar-refractivity contribution in [1.82, 2.24) is 0 Å². The molecule has 3 rings (SSSR count). The van der Waals surface area contributed by atoms with E-state index in [0.29, 0.717) is 23.6 Å². The van der Waals surface area contributed by atoms with Crippen LogP contribution in [0.1, 0.15) is 33.4 Å². The summed E-state index contributed by atoms with van der Waals surface area (Å²) in [5.74, 6) is 0.139. The Balaban J connectivity index is 1.85. The summed E-state index contributed by atoms with van der Waals surface area (Å²) in [5.41, 5.74) is 6.87. The quantitative estimate of drug-likeness (QED) is 0.306. The van der Waals surface area contributed by atoms with E-state index in [1.165, 1.54) is 11.1 Å². The summed E-state index contributed by atoms with van der Waals surface area (Å²) < 4.78 is 6.87. The molecule has 5 heteroatoms. The largest absolute Gasteiger partial charge is 0.488 e. The van der Waals surface area contributed by atoms with Gasteiger partial charge in [0.2, 0.25) is 0 Å². The molecular formula is C27H25BrN2O2. The maximum absolute atomic E-state index is 12.8. The van der Waals surface area contributed by atoms with Gasteiger partial charge in [-0.2, -0.15) is 5.26 Å². The average Bonchev–Trinajstić information content (AvgIpc) is 2.76. The predicted molar refractivity (Wildman–Crippen MR) is 133 cm³/mol. The maximum Gasteiger partial charge on any atom is 0.266 e. The van der Waals surface area contributed by atoms with Crippen molar-refractivity contribution in [2.24, 2.45) is 0 Å². The van der Waals surface area contributed by atoms with E-state index in [4.69, 9.17) is 4.74 Å². The molecule has 0 aromatic heterocycles. The molecule has 0 aliphatic heterocycles. The zero-order valence-corrected chi connectivity index (χ0v) is 20.2. The molecule has 3 aromatic carbocycles. The summed E-state index contributed by atoms with van der Waals surface area (Å²) in [6.07, 6.45) is 1.56. The Bertz CT molecular complexity index is 1240. The predicted octanol–water partition coefficient (Wildman–Crippen LogP) is 6.81. The zero-order chi connectivity index (χ0) is 23.3. The van der Waals surface area contributed by atoms with Gasteiger partial charge in [0.15, 0.2) is 0 Å². The molecule has 1 N–H and O–H groups in total. The number of carbonyl (C=O) groups is 1. The summed E-state index contributed by atoms with van der Waals surface area (Å²) in [7, 11) is 0. The van der Waals surface area contributed by atoms with Crippen LogP contribution < -0.4 is 10.1 Å². The van der Waals surface area contributed by atoms with Gasteiger partial charge in [0.1, 0.15) is 24.0 Å². The fourth-order valence-corrected chi connectivity index (χ4v) is 3.58. The number of hydrogen-bond acceptors (Lipinski definition) is 3. The number of hydrogen-bond donors (Lipinski definition) is 1. The van der Waals surface area contributed by atoms with Gasteiger partial charge in [-0.3, -0.25) is 4.79 Å². The summed E-state index contributed by atoms with van der Waals surface area (Å²) in [5, 5.41) is 12.5. The molecule has 0 aliphatic rings. The molecule has 0 saturated heterocycles. The first-order valence-corrected chi connectivity index (χ1v) is 11.1. The molecule has 32 heavy (non-hydrogen) atoms. The second kappa shape index (κ2) is 10.3. The lowest BCUT2D eigenvalue weighted by atomic mass is 10.1. The molecule has 1 amide bonds. The minimum Gasteiger partial charge on any atom is -0.488 e. The van der Waals surface area contributed by atoms with Crippen molar-refractivity contribution in [3.8, 4) is 11.8 Å². The molecule has 0 fully saturated rings. The zero-order valence-electron chi connectivity index (χ0n) is 18.6. The standard InChI is InChI=1S/C27H25BrN2O2/c1-17-8-9-21(12-19(17)3)16-32-26-11-10-24(28)14-22(26)13-23(15-29)27(31)30-25-7-5-6-18(2)20(25)4/h5-14H,16H2,1-4H3,(H,30,31)/b23-13+. The highest BCUT2D eigenvalue weighted by atomic mass is 79.9. The van der Waals surface area contributed by atoms with Crippen LogP contribution in [0.15, 0.2) is 64.6 Å². The molecule has 0 unspecified atom stereocenters. The first kappa shape index (κ1) is 23.3. The third kappa shape index (κ3) is 5.66. The van der Waals surface area contributed by atoms with Gasteiger partial charge < -0.3 is 10.1 Å². The van der Waals surface area contributed by atoms with Crippen molar-refractivity contribution in [3.05, 3.63) is 98.0 Å². The number of halogens is 1. The Morgan fingerprint density at radius 2 is 1.81 bits per heavy atom. The smallest absolute Gasteiger partial charge is 0.266 e. The van der Waals surface area contributed by atoms with Gasteiger partial charge in [0.25, 0.3) is 5.91 Å². The third-order valence-corrected chi connectivity index (χ3v) is 5.95. The van der Waals surface area contributed by atoms with E-state index in [2.05, 4.69) is 47.2 Å². The SMILES string of the molecule is Cc1ccc(COc2ccc(Br)cc2/C=C(\C#N)C(=O)Nc2cccc(C)c2C)cc1C. The lowest BCUT2D eigenvalue weighted by molar-refractivity contribution is -0.112. The molecule has 3 aromatic rings. The topological polar surface area (TPSA) is 62.1 Å². The summed E-state index contributed by atoms with van der Waals surface area (Å²) in [6.45, 7) is 8.45. The Hall–Kier alpha value is -3.36. The van der Waals surface area contributed by atoms with Crippen LogP contribution in [-0.2, 0) is 11.4 Å². The van der Waals surface area contributed by atoms with Gasteiger partial charge in [0, 0.05) is 15.7 Å².